The van der Waals surface area contributed by atoms with Crippen LogP contribution in [-0.2, 0) is 0 Å². The van der Waals surface area contributed by atoms with Crippen molar-refractivity contribution >= 4 is 11.6 Å². The number of rotatable bonds is 5. The molecule has 0 radical (unpaired) electrons. The molecule has 2 aromatic carbocycles. The largest absolute Gasteiger partial charge is 0.481 e. The standard InChI is InChI=1S/C23H19N3O3/c1-15-7-9-16(10-8-15)20-14-25-23(29-20)19-6-4-3-5-18(19)22(27)26-17-11-12-21(28-2)24-13-17/h3-14H,1-2H3,(H,26,27). The number of aromatic nitrogens is 2. The van der Waals surface area contributed by atoms with Crippen molar-refractivity contribution in [2.24, 2.45) is 0 Å². The lowest BCUT2D eigenvalue weighted by molar-refractivity contribution is 0.102. The maximum Gasteiger partial charge on any atom is 0.256 e. The number of nitrogens with zero attached hydrogens (tertiary/aromatic N) is 2. The highest BCUT2D eigenvalue weighted by molar-refractivity contribution is 6.08. The minimum Gasteiger partial charge on any atom is -0.481 e. The summed E-state index contributed by atoms with van der Waals surface area (Å²) >= 11 is 0. The van der Waals surface area contributed by atoms with E-state index in [0.717, 1.165) is 5.56 Å². The number of aryl methyl sites for hydroxylation is 1. The summed E-state index contributed by atoms with van der Waals surface area (Å²) in [5.74, 6) is 1.24. The van der Waals surface area contributed by atoms with Gasteiger partial charge in [-0.25, -0.2) is 9.97 Å². The smallest absolute Gasteiger partial charge is 0.256 e. The van der Waals surface area contributed by atoms with Crippen LogP contribution in [0.4, 0.5) is 5.69 Å². The van der Waals surface area contributed by atoms with Crippen LogP contribution in [0.15, 0.2) is 77.5 Å². The molecule has 1 amide bonds. The lowest BCUT2D eigenvalue weighted by Gasteiger charge is -2.08. The predicted molar refractivity (Wildman–Crippen MR) is 111 cm³/mol. The second-order valence-electron chi connectivity index (χ2n) is 6.48. The number of benzene rings is 2. The van der Waals surface area contributed by atoms with Crippen LogP contribution in [-0.4, -0.2) is 23.0 Å². The van der Waals surface area contributed by atoms with E-state index in [1.807, 2.05) is 43.3 Å². The third-order valence-corrected chi connectivity index (χ3v) is 4.45. The average Bonchev–Trinajstić information content (AvgIpc) is 3.25. The fourth-order valence-electron chi connectivity index (χ4n) is 2.89. The van der Waals surface area contributed by atoms with Gasteiger partial charge in [0.25, 0.3) is 5.91 Å². The van der Waals surface area contributed by atoms with Crippen LogP contribution in [0.2, 0.25) is 0 Å². The van der Waals surface area contributed by atoms with Gasteiger partial charge in [0.2, 0.25) is 11.8 Å². The van der Waals surface area contributed by atoms with Crippen molar-refractivity contribution in [3.8, 4) is 28.7 Å². The van der Waals surface area contributed by atoms with Crippen LogP contribution >= 0.6 is 0 Å². The van der Waals surface area contributed by atoms with Crippen molar-refractivity contribution < 1.29 is 13.9 Å². The van der Waals surface area contributed by atoms with E-state index in [0.29, 0.717) is 34.3 Å². The zero-order valence-electron chi connectivity index (χ0n) is 16.0. The molecule has 144 valence electrons. The van der Waals surface area contributed by atoms with Crippen LogP contribution in [0.1, 0.15) is 15.9 Å². The Hall–Kier alpha value is -3.93. The van der Waals surface area contributed by atoms with E-state index in [9.17, 15) is 4.79 Å². The van der Waals surface area contributed by atoms with Crippen molar-refractivity contribution in [2.75, 3.05) is 12.4 Å². The minimum atomic E-state index is -0.275. The first-order chi connectivity index (χ1) is 14.1. The maximum absolute atomic E-state index is 12.8. The molecule has 0 saturated heterocycles. The molecule has 0 unspecified atom stereocenters. The quantitative estimate of drug-likeness (QED) is 0.525. The zero-order valence-corrected chi connectivity index (χ0v) is 16.0. The molecule has 0 aliphatic rings. The van der Waals surface area contributed by atoms with Crippen molar-refractivity contribution in [3.63, 3.8) is 0 Å². The molecule has 0 spiro atoms. The summed E-state index contributed by atoms with van der Waals surface area (Å²) < 4.78 is 11.0. The minimum absolute atomic E-state index is 0.275. The summed E-state index contributed by atoms with van der Waals surface area (Å²) in [5, 5.41) is 2.84. The maximum atomic E-state index is 12.8. The van der Waals surface area contributed by atoms with Crippen molar-refractivity contribution in [3.05, 3.63) is 84.2 Å². The van der Waals surface area contributed by atoms with E-state index >= 15 is 0 Å². The molecule has 1 N–H and O–H groups in total. The van der Waals surface area contributed by atoms with E-state index in [4.69, 9.17) is 9.15 Å². The number of pyridine rings is 1. The van der Waals surface area contributed by atoms with Gasteiger partial charge >= 0.3 is 0 Å². The molecule has 6 nitrogen and oxygen atoms in total. The van der Waals surface area contributed by atoms with E-state index in [1.165, 1.54) is 12.7 Å². The molecule has 29 heavy (non-hydrogen) atoms. The number of carbonyl (C=O) groups is 1. The summed E-state index contributed by atoms with van der Waals surface area (Å²) in [6.07, 6.45) is 3.21. The summed E-state index contributed by atoms with van der Waals surface area (Å²) in [7, 11) is 1.54. The van der Waals surface area contributed by atoms with E-state index in [-0.39, 0.29) is 5.91 Å². The molecular formula is C23H19N3O3. The zero-order chi connectivity index (χ0) is 20.2. The molecule has 4 rings (SSSR count). The molecular weight excluding hydrogens is 366 g/mol. The van der Waals surface area contributed by atoms with Gasteiger partial charge < -0.3 is 14.5 Å². The molecule has 0 atom stereocenters. The van der Waals surface area contributed by atoms with E-state index < -0.39 is 0 Å². The highest BCUT2D eigenvalue weighted by atomic mass is 16.5. The third-order valence-electron chi connectivity index (χ3n) is 4.45. The summed E-state index contributed by atoms with van der Waals surface area (Å²) in [5.41, 5.74) is 3.74. The fourth-order valence-corrected chi connectivity index (χ4v) is 2.89. The van der Waals surface area contributed by atoms with Gasteiger partial charge in [-0.3, -0.25) is 4.79 Å². The summed E-state index contributed by atoms with van der Waals surface area (Å²) in [6, 6.07) is 18.6. The Morgan fingerprint density at radius 1 is 0.966 bits per heavy atom. The Labute approximate surface area is 168 Å². The van der Waals surface area contributed by atoms with Crippen molar-refractivity contribution in [1.82, 2.24) is 9.97 Å². The first kappa shape index (κ1) is 18.4. The molecule has 0 aliphatic heterocycles. The number of amides is 1. The number of methoxy groups -OCH3 is 1. The van der Waals surface area contributed by atoms with Crippen LogP contribution in [0.5, 0.6) is 5.88 Å². The number of hydrogen-bond donors (Lipinski definition) is 1. The molecule has 2 aromatic heterocycles. The lowest BCUT2D eigenvalue weighted by atomic mass is 10.1. The van der Waals surface area contributed by atoms with Gasteiger partial charge in [-0.2, -0.15) is 0 Å². The van der Waals surface area contributed by atoms with Gasteiger partial charge in [0.15, 0.2) is 5.76 Å². The SMILES string of the molecule is COc1ccc(NC(=O)c2ccccc2-c2ncc(-c3ccc(C)cc3)o2)cn1. The fraction of sp³-hybridized carbons (Fsp3) is 0.0870. The van der Waals surface area contributed by atoms with Gasteiger partial charge in [-0.05, 0) is 25.1 Å². The molecule has 4 aromatic rings. The van der Waals surface area contributed by atoms with Crippen molar-refractivity contribution in [2.45, 2.75) is 6.92 Å². The third kappa shape index (κ3) is 4.01. The normalized spacial score (nSPS) is 10.6. The number of nitrogens with one attached hydrogen (secondary N) is 1. The number of hydrogen-bond acceptors (Lipinski definition) is 5. The Bertz CT molecular complexity index is 1130. The summed E-state index contributed by atoms with van der Waals surface area (Å²) in [6.45, 7) is 2.03. The topological polar surface area (TPSA) is 77.2 Å². The second kappa shape index (κ2) is 7.98. The molecule has 0 bridgehead atoms. The predicted octanol–water partition coefficient (Wildman–Crippen LogP) is 4.97. The highest BCUT2D eigenvalue weighted by Gasteiger charge is 2.17. The Morgan fingerprint density at radius 3 is 2.48 bits per heavy atom. The molecule has 0 fully saturated rings. The Morgan fingerprint density at radius 2 is 1.76 bits per heavy atom. The van der Waals surface area contributed by atoms with Gasteiger partial charge in [0, 0.05) is 17.2 Å². The van der Waals surface area contributed by atoms with Gasteiger partial charge in [0.05, 0.1) is 30.8 Å². The van der Waals surface area contributed by atoms with Gasteiger partial charge in [0.1, 0.15) is 0 Å². The van der Waals surface area contributed by atoms with Crippen LogP contribution < -0.4 is 10.1 Å². The highest BCUT2D eigenvalue weighted by Crippen LogP contribution is 2.29. The lowest BCUT2D eigenvalue weighted by Crippen LogP contribution is -2.13. The van der Waals surface area contributed by atoms with Gasteiger partial charge in [-0.15, -0.1) is 0 Å². The van der Waals surface area contributed by atoms with E-state index in [2.05, 4.69) is 15.3 Å². The first-order valence-corrected chi connectivity index (χ1v) is 9.08. The molecule has 2 heterocycles. The average molecular weight is 385 g/mol. The van der Waals surface area contributed by atoms with Crippen LogP contribution in [0.3, 0.4) is 0 Å². The molecule has 6 heteroatoms. The molecule has 0 aliphatic carbocycles. The Balaban J connectivity index is 1.61. The number of ether oxygens (including phenoxy) is 1. The number of anilines is 1. The second-order valence-corrected chi connectivity index (χ2v) is 6.48. The monoisotopic (exact) mass is 385 g/mol. The van der Waals surface area contributed by atoms with Crippen LogP contribution in [0.25, 0.3) is 22.8 Å². The van der Waals surface area contributed by atoms with Gasteiger partial charge in [-0.1, -0.05) is 42.0 Å². The first-order valence-electron chi connectivity index (χ1n) is 9.08. The summed E-state index contributed by atoms with van der Waals surface area (Å²) in [4.78, 5) is 21.3. The number of oxazole rings is 1. The number of carbonyl (C=O) groups excluding carboxylic acids is 1. The molecule has 0 saturated carbocycles. The van der Waals surface area contributed by atoms with Crippen LogP contribution in [0, 0.1) is 6.92 Å². The Kier molecular flexibility index (Phi) is 5.07. The van der Waals surface area contributed by atoms with E-state index in [1.54, 1.807) is 36.7 Å². The van der Waals surface area contributed by atoms with Crippen molar-refractivity contribution in [1.29, 1.82) is 0 Å².